The fourth-order valence-corrected chi connectivity index (χ4v) is 5.20. The van der Waals surface area contributed by atoms with Crippen molar-refractivity contribution < 1.29 is 23.8 Å². The van der Waals surface area contributed by atoms with Crippen LogP contribution in [-0.2, 0) is 32.0 Å². The van der Waals surface area contributed by atoms with Gasteiger partial charge in [0.15, 0.2) is 5.79 Å². The molecule has 0 aliphatic carbocycles. The number of benzene rings is 2. The smallest absolute Gasteiger partial charge is 0.290 e. The van der Waals surface area contributed by atoms with Gasteiger partial charge in [-0.3, -0.25) is 9.59 Å². The Labute approximate surface area is 239 Å². The Morgan fingerprint density at radius 1 is 1.07 bits per heavy atom. The predicted octanol–water partition coefficient (Wildman–Crippen LogP) is 3.99. The average Bonchev–Trinajstić information content (AvgIpc) is 3.66. The van der Waals surface area contributed by atoms with Crippen LogP contribution in [0.15, 0.2) is 67.3 Å². The van der Waals surface area contributed by atoms with Gasteiger partial charge in [0.2, 0.25) is 5.78 Å². The van der Waals surface area contributed by atoms with E-state index in [0.717, 1.165) is 22.9 Å². The highest BCUT2D eigenvalue weighted by Gasteiger charge is 2.42. The molecule has 0 radical (unpaired) electrons. The summed E-state index contributed by atoms with van der Waals surface area (Å²) in [6, 6.07) is 15.8. The van der Waals surface area contributed by atoms with Crippen LogP contribution >= 0.6 is 11.6 Å². The number of piperazine rings is 1. The summed E-state index contributed by atoms with van der Waals surface area (Å²) >= 11 is 6.04. The first-order chi connectivity index (χ1) is 19.4. The second-order valence-corrected chi connectivity index (χ2v) is 10.6. The monoisotopic (exact) mass is 566 g/mol. The summed E-state index contributed by atoms with van der Waals surface area (Å²) in [6.45, 7) is 5.52. The summed E-state index contributed by atoms with van der Waals surface area (Å²) in [4.78, 5) is 31.9. The number of ether oxygens (including phenoxy) is 3. The molecule has 2 fully saturated rings. The van der Waals surface area contributed by atoms with Crippen molar-refractivity contribution >= 4 is 29.0 Å². The Morgan fingerprint density at radius 2 is 1.82 bits per heavy atom. The zero-order chi connectivity index (χ0) is 28.0. The summed E-state index contributed by atoms with van der Waals surface area (Å²) in [5.41, 5.74) is 2.23. The summed E-state index contributed by atoms with van der Waals surface area (Å²) in [7, 11) is 0. The van der Waals surface area contributed by atoms with Gasteiger partial charge in [-0.1, -0.05) is 30.7 Å². The van der Waals surface area contributed by atoms with Gasteiger partial charge in [0.05, 0.1) is 19.5 Å². The number of ketones is 1. The Kier molecular flexibility index (Phi) is 9.04. The van der Waals surface area contributed by atoms with Gasteiger partial charge in [0.1, 0.15) is 18.5 Å². The summed E-state index contributed by atoms with van der Waals surface area (Å²) < 4.78 is 20.8. The maximum absolute atomic E-state index is 12.1. The normalized spacial score (nSPS) is 21.0. The van der Waals surface area contributed by atoms with E-state index in [2.05, 4.69) is 9.88 Å². The minimum atomic E-state index is -0.774. The van der Waals surface area contributed by atoms with Gasteiger partial charge >= 0.3 is 0 Å². The summed E-state index contributed by atoms with van der Waals surface area (Å²) in [6.07, 6.45) is 6.94. The molecule has 2 atom stereocenters. The van der Waals surface area contributed by atoms with Crippen LogP contribution in [0.4, 0.5) is 5.69 Å². The molecule has 3 aromatic rings. The number of amides is 1. The van der Waals surface area contributed by atoms with Crippen LogP contribution in [0.1, 0.15) is 25.3 Å². The molecular formula is C30H35ClN4O5. The highest BCUT2D eigenvalue weighted by Crippen LogP contribution is 2.32. The number of carbonyl (C=O) groups is 2. The molecule has 40 heavy (non-hydrogen) atoms. The average molecular weight is 567 g/mol. The van der Waals surface area contributed by atoms with Gasteiger partial charge in [-0.2, -0.15) is 0 Å². The lowest BCUT2D eigenvalue weighted by Crippen LogP contribution is -2.50. The molecule has 10 heteroatoms. The highest BCUT2D eigenvalue weighted by atomic mass is 35.5. The number of aromatic nitrogens is 2. The van der Waals surface area contributed by atoms with E-state index in [1.54, 1.807) is 24.3 Å². The quantitative estimate of drug-likeness (QED) is 0.324. The molecule has 0 unspecified atom stereocenters. The molecule has 5 rings (SSSR count). The molecule has 0 saturated carbocycles. The van der Waals surface area contributed by atoms with Crippen LogP contribution in [0.3, 0.4) is 0 Å². The number of aryl methyl sites for hydroxylation is 1. The first-order valence-electron chi connectivity index (χ1n) is 13.7. The van der Waals surface area contributed by atoms with Crippen molar-refractivity contribution in [2.75, 3.05) is 44.3 Å². The van der Waals surface area contributed by atoms with Crippen molar-refractivity contribution in [3.05, 3.63) is 77.8 Å². The second kappa shape index (κ2) is 12.8. The highest BCUT2D eigenvalue weighted by molar-refractivity contribution is 6.36. The van der Waals surface area contributed by atoms with Crippen LogP contribution < -0.4 is 9.64 Å². The van der Waals surface area contributed by atoms with Gasteiger partial charge in [0, 0.05) is 62.1 Å². The minimum absolute atomic E-state index is 0.204. The van der Waals surface area contributed by atoms with Crippen LogP contribution in [-0.4, -0.2) is 77.4 Å². The topological polar surface area (TPSA) is 86.1 Å². The number of carbonyl (C=O) groups excluding carboxylic acids is 2. The third-order valence-electron chi connectivity index (χ3n) is 7.37. The molecule has 1 amide bonds. The first-order valence-corrected chi connectivity index (χ1v) is 14.1. The molecule has 9 nitrogen and oxygen atoms in total. The van der Waals surface area contributed by atoms with Crippen LogP contribution in [0.5, 0.6) is 5.75 Å². The number of Topliss-reactive ketones (excluding diaryl/α,β-unsaturated/α-hetero) is 1. The van der Waals surface area contributed by atoms with E-state index in [0.29, 0.717) is 52.4 Å². The Balaban J connectivity index is 1.13. The van der Waals surface area contributed by atoms with Gasteiger partial charge in [0.25, 0.3) is 5.91 Å². The fourth-order valence-electron chi connectivity index (χ4n) is 5.07. The molecule has 2 aliphatic heterocycles. The van der Waals surface area contributed by atoms with E-state index >= 15 is 0 Å². The lowest BCUT2D eigenvalue weighted by molar-refractivity contribution is -0.184. The third-order valence-corrected chi connectivity index (χ3v) is 7.62. The number of hydrogen-bond acceptors (Lipinski definition) is 7. The van der Waals surface area contributed by atoms with E-state index in [1.807, 2.05) is 59.3 Å². The molecule has 3 heterocycles. The van der Waals surface area contributed by atoms with E-state index in [4.69, 9.17) is 25.8 Å². The Hall–Kier alpha value is -3.40. The molecule has 0 N–H and O–H groups in total. The van der Waals surface area contributed by atoms with Crippen molar-refractivity contribution in [3.8, 4) is 5.75 Å². The van der Waals surface area contributed by atoms with Gasteiger partial charge in [-0.05, 0) is 48.4 Å². The number of hydrogen-bond donors (Lipinski definition) is 0. The molecule has 0 bridgehead atoms. The molecule has 1 aromatic heterocycles. The second-order valence-electron chi connectivity index (χ2n) is 10.2. The molecular weight excluding hydrogens is 532 g/mol. The first kappa shape index (κ1) is 28.1. The van der Waals surface area contributed by atoms with Crippen LogP contribution in [0.25, 0.3) is 0 Å². The molecule has 0 spiro atoms. The molecule has 2 saturated heterocycles. The summed E-state index contributed by atoms with van der Waals surface area (Å²) in [5, 5.41) is 0.717. The molecule has 212 valence electrons. The number of anilines is 1. The van der Waals surface area contributed by atoms with E-state index < -0.39 is 5.79 Å². The van der Waals surface area contributed by atoms with Crippen LogP contribution in [0, 0.1) is 0 Å². The zero-order valence-electron chi connectivity index (χ0n) is 22.7. The van der Waals surface area contributed by atoms with Crippen molar-refractivity contribution in [2.24, 2.45) is 0 Å². The maximum Gasteiger partial charge on any atom is 0.290 e. The molecule has 2 aliphatic rings. The number of imidazole rings is 1. The van der Waals surface area contributed by atoms with Gasteiger partial charge in [-0.25, -0.2) is 4.98 Å². The Bertz CT molecular complexity index is 1260. The lowest BCUT2D eigenvalue weighted by atomic mass is 10.0. The SMILES string of the molecule is CCC(=O)C(=O)N1CCN(c2ccc(OC[C@@H]3CO[C@](CCc4ccc(Cl)cc4)(Cn4ccnc4)O3)cc2)CC1. The number of halogens is 1. The van der Waals surface area contributed by atoms with Gasteiger partial charge in [-0.15, -0.1) is 0 Å². The minimum Gasteiger partial charge on any atom is -0.491 e. The van der Waals surface area contributed by atoms with Crippen molar-refractivity contribution in [3.63, 3.8) is 0 Å². The zero-order valence-corrected chi connectivity index (χ0v) is 23.5. The van der Waals surface area contributed by atoms with Crippen molar-refractivity contribution in [1.29, 1.82) is 0 Å². The van der Waals surface area contributed by atoms with Crippen molar-refractivity contribution in [1.82, 2.24) is 14.5 Å². The fraction of sp³-hybridized carbons (Fsp3) is 0.433. The van der Waals surface area contributed by atoms with Gasteiger partial charge < -0.3 is 28.6 Å². The van der Waals surface area contributed by atoms with E-state index in [9.17, 15) is 9.59 Å². The number of rotatable bonds is 11. The predicted molar refractivity (Wildman–Crippen MR) is 152 cm³/mol. The van der Waals surface area contributed by atoms with Crippen LogP contribution in [0.2, 0.25) is 5.02 Å². The number of nitrogens with zero attached hydrogens (tertiary/aromatic N) is 4. The van der Waals surface area contributed by atoms with E-state index in [-0.39, 0.29) is 24.2 Å². The molecule has 2 aromatic carbocycles. The lowest BCUT2D eigenvalue weighted by Gasteiger charge is -2.35. The Morgan fingerprint density at radius 3 is 2.50 bits per heavy atom. The summed E-state index contributed by atoms with van der Waals surface area (Å²) in [5.74, 6) is -0.720. The van der Waals surface area contributed by atoms with E-state index in [1.165, 1.54) is 5.56 Å². The maximum atomic E-state index is 12.1. The largest absolute Gasteiger partial charge is 0.491 e. The standard InChI is InChI=1S/C30H35ClN4O5/c1-2-28(36)29(37)35-17-15-34(16-18-35)25-7-9-26(10-8-25)38-19-27-20-39-30(40-27,21-33-14-13-32-22-33)12-11-23-3-5-24(31)6-4-23/h3-10,13-14,22,27H,2,11-12,15-21H2,1H3/t27-,30+/m1/s1. The third kappa shape index (κ3) is 7.02. The van der Waals surface area contributed by atoms with Crippen molar-refractivity contribution in [2.45, 2.75) is 44.6 Å².